The molecule has 2 N–H and O–H groups in total. The van der Waals surface area contributed by atoms with Crippen molar-refractivity contribution in [3.8, 4) is 0 Å². The molecule has 0 amide bonds. The van der Waals surface area contributed by atoms with Crippen LogP contribution in [0.4, 0.5) is 0 Å². The molecule has 0 saturated carbocycles. The maximum atomic E-state index is 12.9. The van der Waals surface area contributed by atoms with Gasteiger partial charge in [-0.05, 0) is 66.8 Å². The number of aryl methyl sites for hydroxylation is 2. The fourth-order valence-electron chi connectivity index (χ4n) is 3.21. The molecule has 0 bridgehead atoms. The summed E-state index contributed by atoms with van der Waals surface area (Å²) in [5.41, 5.74) is 4.13. The van der Waals surface area contributed by atoms with E-state index in [4.69, 9.17) is 0 Å². The van der Waals surface area contributed by atoms with E-state index in [1.807, 2.05) is 63.4 Å². The van der Waals surface area contributed by atoms with Crippen LogP contribution in [0.5, 0.6) is 0 Å². The van der Waals surface area contributed by atoms with Gasteiger partial charge in [-0.1, -0.05) is 24.3 Å². The van der Waals surface area contributed by atoms with Crippen molar-refractivity contribution >= 4 is 31.4 Å². The SMILES string of the molecule is Cc1cc(C)c(C)c(S(=O)(=O)NC[C@@H](O)c2csc3ccccc23)c1C. The molecule has 2 aromatic carbocycles. The molecule has 0 saturated heterocycles. The molecule has 1 heterocycles. The smallest absolute Gasteiger partial charge is 0.241 e. The summed E-state index contributed by atoms with van der Waals surface area (Å²) < 4.78 is 29.5. The Labute approximate surface area is 158 Å². The van der Waals surface area contributed by atoms with E-state index in [1.165, 1.54) is 0 Å². The highest BCUT2D eigenvalue weighted by molar-refractivity contribution is 7.89. The molecule has 0 aliphatic heterocycles. The average Bonchev–Trinajstić information content (AvgIpc) is 3.02. The molecule has 4 nitrogen and oxygen atoms in total. The fraction of sp³-hybridized carbons (Fsp3) is 0.300. The first-order valence-electron chi connectivity index (χ1n) is 8.43. The zero-order valence-corrected chi connectivity index (χ0v) is 17.0. The quantitative estimate of drug-likeness (QED) is 0.689. The van der Waals surface area contributed by atoms with Crippen LogP contribution in [-0.4, -0.2) is 20.1 Å². The van der Waals surface area contributed by atoms with E-state index in [0.29, 0.717) is 4.90 Å². The molecule has 6 heteroatoms. The van der Waals surface area contributed by atoms with Crippen molar-refractivity contribution in [1.82, 2.24) is 4.72 Å². The summed E-state index contributed by atoms with van der Waals surface area (Å²) >= 11 is 1.54. The van der Waals surface area contributed by atoms with E-state index in [2.05, 4.69) is 4.72 Å². The second-order valence-electron chi connectivity index (χ2n) is 6.64. The van der Waals surface area contributed by atoms with Crippen molar-refractivity contribution in [3.63, 3.8) is 0 Å². The number of rotatable bonds is 5. The minimum Gasteiger partial charge on any atom is -0.387 e. The monoisotopic (exact) mass is 389 g/mol. The van der Waals surface area contributed by atoms with Gasteiger partial charge in [0.2, 0.25) is 10.0 Å². The van der Waals surface area contributed by atoms with Crippen LogP contribution in [0, 0.1) is 27.7 Å². The molecular formula is C20H23NO3S2. The third kappa shape index (κ3) is 3.42. The van der Waals surface area contributed by atoms with E-state index in [0.717, 1.165) is 37.9 Å². The van der Waals surface area contributed by atoms with Crippen molar-refractivity contribution in [2.24, 2.45) is 0 Å². The second kappa shape index (κ2) is 7.12. The summed E-state index contributed by atoms with van der Waals surface area (Å²) in [6.07, 6.45) is -0.896. The van der Waals surface area contributed by atoms with Crippen LogP contribution in [-0.2, 0) is 10.0 Å². The summed E-state index contributed by atoms with van der Waals surface area (Å²) in [4.78, 5) is 0.317. The normalized spacial score (nSPS) is 13.3. The van der Waals surface area contributed by atoms with Crippen LogP contribution in [0.25, 0.3) is 10.1 Å². The average molecular weight is 390 g/mol. The van der Waals surface area contributed by atoms with Crippen LogP contribution < -0.4 is 4.72 Å². The molecule has 0 aliphatic carbocycles. The summed E-state index contributed by atoms with van der Waals surface area (Å²) in [5.74, 6) is 0. The lowest BCUT2D eigenvalue weighted by molar-refractivity contribution is 0.184. The van der Waals surface area contributed by atoms with Gasteiger partial charge < -0.3 is 5.11 Å². The number of thiophene rings is 1. The molecule has 1 aromatic heterocycles. The Bertz CT molecular complexity index is 1040. The van der Waals surface area contributed by atoms with Crippen molar-refractivity contribution in [2.45, 2.75) is 38.7 Å². The third-order valence-electron chi connectivity index (χ3n) is 4.90. The highest BCUT2D eigenvalue weighted by atomic mass is 32.2. The zero-order chi connectivity index (χ0) is 19.1. The molecule has 26 heavy (non-hydrogen) atoms. The van der Waals surface area contributed by atoms with Gasteiger partial charge in [-0.25, -0.2) is 13.1 Å². The number of hydrogen-bond acceptors (Lipinski definition) is 4. The number of aliphatic hydroxyl groups is 1. The molecule has 0 unspecified atom stereocenters. The van der Waals surface area contributed by atoms with Crippen LogP contribution in [0.2, 0.25) is 0 Å². The predicted octanol–water partition coefficient (Wildman–Crippen LogP) is 4.15. The maximum absolute atomic E-state index is 12.9. The second-order valence-corrected chi connectivity index (χ2v) is 9.26. The first kappa shape index (κ1) is 19.0. The molecule has 3 aromatic rings. The van der Waals surface area contributed by atoms with E-state index in [1.54, 1.807) is 11.3 Å². The van der Waals surface area contributed by atoms with E-state index in [-0.39, 0.29) is 6.54 Å². The van der Waals surface area contributed by atoms with Gasteiger partial charge in [0.25, 0.3) is 0 Å². The topological polar surface area (TPSA) is 66.4 Å². The van der Waals surface area contributed by atoms with Gasteiger partial charge in [0.1, 0.15) is 0 Å². The summed E-state index contributed by atoms with van der Waals surface area (Å²) in [7, 11) is -3.71. The molecule has 138 valence electrons. The van der Waals surface area contributed by atoms with Crippen molar-refractivity contribution in [1.29, 1.82) is 0 Å². The number of benzene rings is 2. The Morgan fingerprint density at radius 1 is 1.08 bits per heavy atom. The first-order valence-corrected chi connectivity index (χ1v) is 10.8. The summed E-state index contributed by atoms with van der Waals surface area (Å²) in [6.45, 7) is 7.40. The predicted molar refractivity (Wildman–Crippen MR) is 107 cm³/mol. The Kier molecular flexibility index (Phi) is 5.21. The molecule has 0 spiro atoms. The highest BCUT2D eigenvalue weighted by Gasteiger charge is 2.23. The fourth-order valence-corrected chi connectivity index (χ4v) is 5.87. The Balaban J connectivity index is 1.87. The number of hydrogen-bond donors (Lipinski definition) is 2. The lowest BCUT2D eigenvalue weighted by Crippen LogP contribution is -2.30. The molecule has 1 atom stereocenters. The molecule has 3 rings (SSSR count). The lowest BCUT2D eigenvalue weighted by atomic mass is 10.0. The van der Waals surface area contributed by atoms with E-state index < -0.39 is 16.1 Å². The van der Waals surface area contributed by atoms with Crippen LogP contribution in [0.3, 0.4) is 0 Å². The van der Waals surface area contributed by atoms with Crippen molar-refractivity contribution in [3.05, 3.63) is 63.5 Å². The van der Waals surface area contributed by atoms with Gasteiger partial charge in [0, 0.05) is 16.8 Å². The zero-order valence-electron chi connectivity index (χ0n) is 15.3. The van der Waals surface area contributed by atoms with E-state index >= 15 is 0 Å². The number of sulfonamides is 1. The maximum Gasteiger partial charge on any atom is 0.241 e. The Morgan fingerprint density at radius 2 is 1.69 bits per heavy atom. The van der Waals surface area contributed by atoms with Crippen molar-refractivity contribution < 1.29 is 13.5 Å². The summed E-state index contributed by atoms with van der Waals surface area (Å²) in [5, 5.41) is 13.4. The van der Waals surface area contributed by atoms with Crippen LogP contribution in [0.1, 0.15) is 33.9 Å². The van der Waals surface area contributed by atoms with Gasteiger partial charge >= 0.3 is 0 Å². The van der Waals surface area contributed by atoms with Gasteiger partial charge in [0.15, 0.2) is 0 Å². The van der Waals surface area contributed by atoms with Crippen LogP contribution in [0.15, 0.2) is 40.6 Å². The third-order valence-corrected chi connectivity index (χ3v) is 7.58. The van der Waals surface area contributed by atoms with Crippen LogP contribution >= 0.6 is 11.3 Å². The van der Waals surface area contributed by atoms with Gasteiger partial charge in [0.05, 0.1) is 11.0 Å². The first-order chi connectivity index (χ1) is 12.2. The molecule has 0 fully saturated rings. The standard InChI is InChI=1S/C20H23NO3S2/c1-12-9-13(2)15(4)20(14(12)3)26(23,24)21-10-18(22)17-11-25-19-8-6-5-7-16(17)19/h5-9,11,18,21-22H,10H2,1-4H3/t18-/m1/s1. The highest BCUT2D eigenvalue weighted by Crippen LogP contribution is 2.31. The largest absolute Gasteiger partial charge is 0.387 e. The van der Waals surface area contributed by atoms with Gasteiger partial charge in [-0.3, -0.25) is 0 Å². The van der Waals surface area contributed by atoms with E-state index in [9.17, 15) is 13.5 Å². The number of nitrogens with one attached hydrogen (secondary N) is 1. The van der Waals surface area contributed by atoms with Gasteiger partial charge in [-0.15, -0.1) is 11.3 Å². The van der Waals surface area contributed by atoms with Crippen molar-refractivity contribution in [2.75, 3.05) is 6.54 Å². The molecular weight excluding hydrogens is 366 g/mol. The number of fused-ring (bicyclic) bond motifs is 1. The van der Waals surface area contributed by atoms with Gasteiger partial charge in [-0.2, -0.15) is 0 Å². The minimum absolute atomic E-state index is 0.0606. The number of aliphatic hydroxyl groups excluding tert-OH is 1. The minimum atomic E-state index is -3.71. The Hall–Kier alpha value is -1.73. The molecule has 0 aliphatic rings. The molecule has 0 radical (unpaired) electrons. The summed E-state index contributed by atoms with van der Waals surface area (Å²) in [6, 6.07) is 9.79. The Morgan fingerprint density at radius 3 is 2.35 bits per heavy atom. The lowest BCUT2D eigenvalue weighted by Gasteiger charge is -2.17.